The van der Waals surface area contributed by atoms with E-state index in [4.69, 9.17) is 4.74 Å². The maximum Gasteiger partial charge on any atom is 0.302 e. The molecule has 0 saturated heterocycles. The second-order valence-corrected chi connectivity index (χ2v) is 4.70. The number of carbonyl (C=O) groups is 1. The van der Waals surface area contributed by atoms with Crippen molar-refractivity contribution in [2.45, 2.75) is 51.9 Å². The normalized spacial score (nSPS) is 10.3. The van der Waals surface area contributed by atoms with Crippen LogP contribution in [0.2, 0.25) is 0 Å². The fraction of sp³-hybridized carbons (Fsp3) is 0.562. The molecule has 0 heterocycles. The molecule has 0 N–H and O–H groups in total. The van der Waals surface area contributed by atoms with Crippen molar-refractivity contribution in [2.24, 2.45) is 0 Å². The van der Waals surface area contributed by atoms with Crippen molar-refractivity contribution in [3.8, 4) is 0 Å². The average Bonchev–Trinajstić information content (AvgIpc) is 2.37. The maximum atomic E-state index is 10.5. The Hall–Kier alpha value is -1.31. The minimum Gasteiger partial charge on any atom is -0.466 e. The number of hydrogen-bond donors (Lipinski definition) is 0. The molecule has 100 valence electrons. The summed E-state index contributed by atoms with van der Waals surface area (Å²) in [6.45, 7) is 2.04. The molecule has 0 aromatic heterocycles. The van der Waals surface area contributed by atoms with Gasteiger partial charge in [0.15, 0.2) is 0 Å². The number of unbranched alkanes of at least 4 members (excludes halogenated alkanes) is 5. The summed E-state index contributed by atoms with van der Waals surface area (Å²) in [5, 5.41) is 0. The van der Waals surface area contributed by atoms with Crippen LogP contribution in [-0.2, 0) is 16.0 Å². The molecule has 0 unspecified atom stereocenters. The Kier molecular flexibility index (Phi) is 7.94. The van der Waals surface area contributed by atoms with Crippen LogP contribution < -0.4 is 0 Å². The van der Waals surface area contributed by atoms with Crippen molar-refractivity contribution in [1.29, 1.82) is 0 Å². The van der Waals surface area contributed by atoms with Crippen LogP contribution in [0.3, 0.4) is 0 Å². The quantitative estimate of drug-likeness (QED) is 0.485. The fourth-order valence-corrected chi connectivity index (χ4v) is 2.00. The van der Waals surface area contributed by atoms with Crippen LogP contribution >= 0.6 is 0 Å². The highest BCUT2D eigenvalue weighted by Gasteiger charge is 1.95. The van der Waals surface area contributed by atoms with Crippen LogP contribution in [0.1, 0.15) is 51.0 Å². The van der Waals surface area contributed by atoms with Gasteiger partial charge in [-0.15, -0.1) is 0 Å². The van der Waals surface area contributed by atoms with Crippen molar-refractivity contribution in [2.75, 3.05) is 6.61 Å². The predicted molar refractivity (Wildman–Crippen MR) is 74.5 cm³/mol. The van der Waals surface area contributed by atoms with E-state index in [0.29, 0.717) is 6.61 Å². The molecule has 18 heavy (non-hydrogen) atoms. The van der Waals surface area contributed by atoms with E-state index in [-0.39, 0.29) is 5.97 Å². The van der Waals surface area contributed by atoms with Crippen LogP contribution in [0.4, 0.5) is 0 Å². The molecular formula is C16H24O2. The molecular weight excluding hydrogens is 224 g/mol. The second-order valence-electron chi connectivity index (χ2n) is 4.70. The van der Waals surface area contributed by atoms with Gasteiger partial charge < -0.3 is 4.74 Å². The molecule has 0 aliphatic heterocycles. The first-order valence-corrected chi connectivity index (χ1v) is 6.96. The van der Waals surface area contributed by atoms with E-state index < -0.39 is 0 Å². The van der Waals surface area contributed by atoms with Crippen LogP contribution in [-0.4, -0.2) is 12.6 Å². The number of rotatable bonds is 9. The van der Waals surface area contributed by atoms with Crippen LogP contribution in [0.25, 0.3) is 0 Å². The lowest BCUT2D eigenvalue weighted by molar-refractivity contribution is -0.141. The lowest BCUT2D eigenvalue weighted by Crippen LogP contribution is -2.00. The summed E-state index contributed by atoms with van der Waals surface area (Å²) in [4.78, 5) is 10.5. The summed E-state index contributed by atoms with van der Waals surface area (Å²) in [7, 11) is 0. The molecule has 0 aliphatic carbocycles. The Bertz CT molecular complexity index is 319. The number of ether oxygens (including phenoxy) is 1. The molecule has 0 amide bonds. The molecule has 1 aromatic carbocycles. The van der Waals surface area contributed by atoms with Crippen LogP contribution in [0, 0.1) is 0 Å². The lowest BCUT2D eigenvalue weighted by atomic mass is 10.1. The van der Waals surface area contributed by atoms with E-state index in [1.807, 2.05) is 0 Å². The zero-order chi connectivity index (χ0) is 13.1. The molecule has 0 atom stereocenters. The fourth-order valence-electron chi connectivity index (χ4n) is 2.00. The number of aryl methyl sites for hydroxylation is 1. The van der Waals surface area contributed by atoms with Gasteiger partial charge in [0.1, 0.15) is 0 Å². The summed E-state index contributed by atoms with van der Waals surface area (Å²) in [5.74, 6) is -0.169. The number of carbonyl (C=O) groups excluding carboxylic acids is 1. The molecule has 0 aliphatic rings. The first-order valence-electron chi connectivity index (χ1n) is 6.96. The van der Waals surface area contributed by atoms with E-state index in [1.165, 1.54) is 51.0 Å². The average molecular weight is 248 g/mol. The van der Waals surface area contributed by atoms with Crippen molar-refractivity contribution in [3.05, 3.63) is 35.9 Å². The van der Waals surface area contributed by atoms with Gasteiger partial charge in [0.25, 0.3) is 0 Å². The smallest absolute Gasteiger partial charge is 0.302 e. The zero-order valence-electron chi connectivity index (χ0n) is 11.4. The summed E-state index contributed by atoms with van der Waals surface area (Å²) < 4.78 is 4.89. The monoisotopic (exact) mass is 248 g/mol. The molecule has 0 spiro atoms. The summed E-state index contributed by atoms with van der Waals surface area (Å²) in [5.41, 5.74) is 1.44. The van der Waals surface area contributed by atoms with E-state index in [9.17, 15) is 4.79 Å². The Morgan fingerprint density at radius 3 is 2.22 bits per heavy atom. The third-order valence-electron chi connectivity index (χ3n) is 3.01. The topological polar surface area (TPSA) is 26.3 Å². The Balaban J connectivity index is 1.86. The van der Waals surface area contributed by atoms with E-state index >= 15 is 0 Å². The predicted octanol–water partition coefficient (Wildman–Crippen LogP) is 4.13. The third-order valence-corrected chi connectivity index (χ3v) is 3.01. The zero-order valence-corrected chi connectivity index (χ0v) is 11.4. The molecule has 0 radical (unpaired) electrons. The maximum absolute atomic E-state index is 10.5. The van der Waals surface area contributed by atoms with E-state index in [0.717, 1.165) is 6.42 Å². The molecule has 2 nitrogen and oxygen atoms in total. The van der Waals surface area contributed by atoms with Crippen molar-refractivity contribution in [1.82, 2.24) is 0 Å². The summed E-state index contributed by atoms with van der Waals surface area (Å²) in [6, 6.07) is 10.7. The second kappa shape index (κ2) is 9.69. The van der Waals surface area contributed by atoms with Crippen molar-refractivity contribution < 1.29 is 9.53 Å². The van der Waals surface area contributed by atoms with Gasteiger partial charge in [-0.25, -0.2) is 0 Å². The number of esters is 1. The van der Waals surface area contributed by atoms with Gasteiger partial charge in [0.05, 0.1) is 6.61 Å². The molecule has 0 fully saturated rings. The van der Waals surface area contributed by atoms with Gasteiger partial charge in [-0.3, -0.25) is 4.79 Å². The Morgan fingerprint density at radius 2 is 1.56 bits per heavy atom. The van der Waals surface area contributed by atoms with Crippen molar-refractivity contribution >= 4 is 5.97 Å². The lowest BCUT2D eigenvalue weighted by Gasteiger charge is -2.03. The first-order chi connectivity index (χ1) is 8.79. The van der Waals surface area contributed by atoms with Gasteiger partial charge >= 0.3 is 5.97 Å². The van der Waals surface area contributed by atoms with Gasteiger partial charge in [-0.05, 0) is 24.8 Å². The number of hydrogen-bond acceptors (Lipinski definition) is 2. The standard InChI is InChI=1S/C16H24O2/c1-15(17)18-14-10-5-3-2-4-7-11-16-12-8-6-9-13-16/h6,8-9,12-13H,2-5,7,10-11,14H2,1H3. The van der Waals surface area contributed by atoms with Crippen LogP contribution in [0.15, 0.2) is 30.3 Å². The Labute approximate surface area is 110 Å². The van der Waals surface area contributed by atoms with Gasteiger partial charge in [0, 0.05) is 6.92 Å². The highest BCUT2D eigenvalue weighted by Crippen LogP contribution is 2.09. The first kappa shape index (κ1) is 14.7. The molecule has 1 rings (SSSR count). The van der Waals surface area contributed by atoms with Crippen molar-refractivity contribution in [3.63, 3.8) is 0 Å². The minimum atomic E-state index is -0.169. The van der Waals surface area contributed by atoms with Crippen LogP contribution in [0.5, 0.6) is 0 Å². The SMILES string of the molecule is CC(=O)OCCCCCCCCc1ccccc1. The summed E-state index contributed by atoms with van der Waals surface area (Å²) in [6.07, 6.45) is 8.45. The highest BCUT2D eigenvalue weighted by molar-refractivity contribution is 5.65. The van der Waals surface area contributed by atoms with E-state index in [1.54, 1.807) is 0 Å². The highest BCUT2D eigenvalue weighted by atomic mass is 16.5. The molecule has 0 bridgehead atoms. The van der Waals surface area contributed by atoms with E-state index in [2.05, 4.69) is 30.3 Å². The van der Waals surface area contributed by atoms with Gasteiger partial charge in [-0.1, -0.05) is 56.0 Å². The van der Waals surface area contributed by atoms with Gasteiger partial charge in [0.2, 0.25) is 0 Å². The largest absolute Gasteiger partial charge is 0.466 e. The molecule has 0 saturated carbocycles. The summed E-state index contributed by atoms with van der Waals surface area (Å²) >= 11 is 0. The molecule has 2 heteroatoms. The minimum absolute atomic E-state index is 0.169. The number of benzene rings is 1. The third kappa shape index (κ3) is 7.88. The Morgan fingerprint density at radius 1 is 0.944 bits per heavy atom. The van der Waals surface area contributed by atoms with Gasteiger partial charge in [-0.2, -0.15) is 0 Å². The molecule has 1 aromatic rings.